The molecule has 0 aromatic heterocycles. The van der Waals surface area contributed by atoms with Crippen LogP contribution in [0.5, 0.6) is 0 Å². The molecule has 0 spiro atoms. The lowest BCUT2D eigenvalue weighted by atomic mass is 10.0. The van der Waals surface area contributed by atoms with E-state index in [1.54, 1.807) is 18.2 Å². The fourth-order valence-corrected chi connectivity index (χ4v) is 1.17. The Kier molecular flexibility index (Phi) is 3.17. The van der Waals surface area contributed by atoms with Crippen LogP contribution in [0.1, 0.15) is 19.4 Å². The Hall–Kier alpha value is -1.73. The van der Waals surface area contributed by atoms with E-state index in [1.807, 2.05) is 13.8 Å². The van der Waals surface area contributed by atoms with E-state index in [9.17, 15) is 0 Å². The van der Waals surface area contributed by atoms with Gasteiger partial charge in [0.1, 0.15) is 6.07 Å². The number of nitrogen functional groups attached to an aromatic ring is 1. The van der Waals surface area contributed by atoms with E-state index in [4.69, 9.17) is 16.1 Å². The Morgan fingerprint density at radius 2 is 2.20 bits per heavy atom. The molecule has 0 amide bonds. The lowest BCUT2D eigenvalue weighted by Gasteiger charge is -2.25. The van der Waals surface area contributed by atoms with E-state index in [-0.39, 0.29) is 6.61 Å². The molecular weight excluding hydrogens is 190 g/mol. The molecule has 1 aromatic carbocycles. The van der Waals surface area contributed by atoms with Gasteiger partial charge in [-0.3, -0.25) is 0 Å². The van der Waals surface area contributed by atoms with Crippen molar-refractivity contribution >= 4 is 11.4 Å². The summed E-state index contributed by atoms with van der Waals surface area (Å²) in [6.45, 7) is 3.69. The van der Waals surface area contributed by atoms with E-state index >= 15 is 0 Å². The molecule has 0 aliphatic rings. The summed E-state index contributed by atoms with van der Waals surface area (Å²) in [6, 6.07) is 7.13. The molecule has 0 atom stereocenters. The number of aliphatic hydroxyl groups excluding tert-OH is 1. The van der Waals surface area contributed by atoms with Crippen molar-refractivity contribution in [1.29, 1.82) is 5.26 Å². The number of nitrogens with zero attached hydrogens (tertiary/aromatic N) is 1. The molecule has 0 radical (unpaired) electrons. The van der Waals surface area contributed by atoms with Gasteiger partial charge in [0.05, 0.1) is 23.4 Å². The molecule has 1 rings (SSSR count). The zero-order valence-corrected chi connectivity index (χ0v) is 8.91. The molecule has 0 saturated heterocycles. The van der Waals surface area contributed by atoms with Gasteiger partial charge < -0.3 is 16.2 Å². The zero-order chi connectivity index (χ0) is 11.5. The van der Waals surface area contributed by atoms with Crippen LogP contribution in [0.25, 0.3) is 0 Å². The average Bonchev–Trinajstić information content (AvgIpc) is 2.20. The molecule has 80 valence electrons. The third-order valence-electron chi connectivity index (χ3n) is 2.03. The summed E-state index contributed by atoms with van der Waals surface area (Å²) in [5.74, 6) is 0. The first-order valence-electron chi connectivity index (χ1n) is 4.67. The number of hydrogen-bond donors (Lipinski definition) is 3. The van der Waals surface area contributed by atoms with Crippen LogP contribution < -0.4 is 11.1 Å². The fraction of sp³-hybridized carbons (Fsp3) is 0.364. The van der Waals surface area contributed by atoms with Crippen molar-refractivity contribution in [2.45, 2.75) is 19.4 Å². The normalized spacial score (nSPS) is 10.8. The highest BCUT2D eigenvalue weighted by molar-refractivity contribution is 5.63. The van der Waals surface area contributed by atoms with Crippen LogP contribution in [0.15, 0.2) is 18.2 Å². The molecule has 4 N–H and O–H groups in total. The highest BCUT2D eigenvalue weighted by atomic mass is 16.3. The summed E-state index contributed by atoms with van der Waals surface area (Å²) in [5.41, 5.74) is 6.84. The Bertz CT molecular complexity index is 393. The number of nitrogens with one attached hydrogen (secondary N) is 1. The van der Waals surface area contributed by atoms with Crippen LogP contribution in [0.3, 0.4) is 0 Å². The first-order chi connectivity index (χ1) is 6.98. The minimum Gasteiger partial charge on any atom is -0.399 e. The first kappa shape index (κ1) is 11.3. The quantitative estimate of drug-likeness (QED) is 0.650. The van der Waals surface area contributed by atoms with E-state index in [1.165, 1.54) is 0 Å². The van der Waals surface area contributed by atoms with Gasteiger partial charge in [0.2, 0.25) is 0 Å². The molecule has 4 nitrogen and oxygen atoms in total. The molecule has 4 heteroatoms. The third-order valence-corrected chi connectivity index (χ3v) is 2.03. The summed E-state index contributed by atoms with van der Waals surface area (Å²) < 4.78 is 0. The lowest BCUT2D eigenvalue weighted by molar-refractivity contribution is 0.234. The third kappa shape index (κ3) is 2.86. The Labute approximate surface area is 89.3 Å². The Balaban J connectivity index is 3.01. The van der Waals surface area contributed by atoms with Crippen molar-refractivity contribution < 1.29 is 5.11 Å². The van der Waals surface area contributed by atoms with Gasteiger partial charge in [0.15, 0.2) is 0 Å². The van der Waals surface area contributed by atoms with Gasteiger partial charge in [0, 0.05) is 5.69 Å². The summed E-state index contributed by atoms with van der Waals surface area (Å²) in [4.78, 5) is 0. The van der Waals surface area contributed by atoms with E-state index in [2.05, 4.69) is 11.4 Å². The summed E-state index contributed by atoms with van der Waals surface area (Å²) in [6.07, 6.45) is 0. The Morgan fingerprint density at radius 1 is 1.53 bits per heavy atom. The van der Waals surface area contributed by atoms with Crippen molar-refractivity contribution in [3.05, 3.63) is 23.8 Å². The van der Waals surface area contributed by atoms with Crippen molar-refractivity contribution in [2.24, 2.45) is 0 Å². The van der Waals surface area contributed by atoms with Crippen LogP contribution in [0.4, 0.5) is 11.4 Å². The van der Waals surface area contributed by atoms with Gasteiger partial charge in [0.25, 0.3) is 0 Å². The smallest absolute Gasteiger partial charge is 0.101 e. The molecular formula is C11H15N3O. The van der Waals surface area contributed by atoms with Crippen molar-refractivity contribution in [1.82, 2.24) is 0 Å². The van der Waals surface area contributed by atoms with Gasteiger partial charge in [-0.15, -0.1) is 0 Å². The van der Waals surface area contributed by atoms with Crippen LogP contribution in [0.2, 0.25) is 0 Å². The topological polar surface area (TPSA) is 82.1 Å². The van der Waals surface area contributed by atoms with Crippen LogP contribution >= 0.6 is 0 Å². The molecule has 0 aliphatic heterocycles. The second-order valence-electron chi connectivity index (χ2n) is 4.08. The predicted molar refractivity (Wildman–Crippen MR) is 60.4 cm³/mol. The first-order valence-corrected chi connectivity index (χ1v) is 4.67. The second-order valence-corrected chi connectivity index (χ2v) is 4.08. The lowest BCUT2D eigenvalue weighted by Crippen LogP contribution is -2.35. The molecule has 0 aliphatic carbocycles. The van der Waals surface area contributed by atoms with E-state index < -0.39 is 5.54 Å². The maximum Gasteiger partial charge on any atom is 0.101 e. The fourth-order valence-electron chi connectivity index (χ4n) is 1.17. The molecule has 0 fully saturated rings. The minimum absolute atomic E-state index is 0.0117. The molecule has 0 saturated carbocycles. The number of nitrogens with two attached hydrogens (primary N) is 1. The molecule has 15 heavy (non-hydrogen) atoms. The van der Waals surface area contributed by atoms with Crippen LogP contribution in [-0.4, -0.2) is 17.3 Å². The second kappa shape index (κ2) is 4.20. The number of anilines is 2. The standard InChI is InChI=1S/C11H15N3O/c1-11(2,7-15)14-10-4-3-9(13)5-8(10)6-12/h3-5,14-15H,7,13H2,1-2H3. The summed E-state index contributed by atoms with van der Waals surface area (Å²) in [7, 11) is 0. The molecule has 0 unspecified atom stereocenters. The molecule has 0 heterocycles. The number of aliphatic hydroxyl groups is 1. The summed E-state index contributed by atoms with van der Waals surface area (Å²) >= 11 is 0. The van der Waals surface area contributed by atoms with Crippen molar-refractivity contribution in [3.63, 3.8) is 0 Å². The molecule has 0 bridgehead atoms. The van der Waals surface area contributed by atoms with E-state index in [0.717, 1.165) is 0 Å². The largest absolute Gasteiger partial charge is 0.399 e. The van der Waals surface area contributed by atoms with Gasteiger partial charge in [-0.1, -0.05) is 0 Å². The highest BCUT2D eigenvalue weighted by Gasteiger charge is 2.17. The van der Waals surface area contributed by atoms with E-state index in [0.29, 0.717) is 16.9 Å². The Morgan fingerprint density at radius 3 is 2.73 bits per heavy atom. The average molecular weight is 205 g/mol. The van der Waals surface area contributed by atoms with Gasteiger partial charge in [-0.25, -0.2) is 0 Å². The van der Waals surface area contributed by atoms with Crippen LogP contribution in [0, 0.1) is 11.3 Å². The number of hydrogen-bond acceptors (Lipinski definition) is 4. The predicted octanol–water partition coefficient (Wildman–Crippen LogP) is 1.32. The maximum atomic E-state index is 9.10. The highest BCUT2D eigenvalue weighted by Crippen LogP contribution is 2.21. The summed E-state index contributed by atoms with van der Waals surface area (Å²) in [5, 5.41) is 21.1. The number of nitriles is 1. The molecule has 1 aromatic rings. The minimum atomic E-state index is -0.457. The van der Waals surface area contributed by atoms with Gasteiger partial charge in [-0.2, -0.15) is 5.26 Å². The monoisotopic (exact) mass is 205 g/mol. The van der Waals surface area contributed by atoms with Crippen LogP contribution in [-0.2, 0) is 0 Å². The number of rotatable bonds is 3. The number of benzene rings is 1. The van der Waals surface area contributed by atoms with Crippen molar-refractivity contribution in [3.8, 4) is 6.07 Å². The van der Waals surface area contributed by atoms with Gasteiger partial charge >= 0.3 is 0 Å². The zero-order valence-electron chi connectivity index (χ0n) is 8.91. The van der Waals surface area contributed by atoms with Gasteiger partial charge in [-0.05, 0) is 32.0 Å². The van der Waals surface area contributed by atoms with Crippen molar-refractivity contribution in [2.75, 3.05) is 17.7 Å². The maximum absolute atomic E-state index is 9.10. The SMILES string of the molecule is CC(C)(CO)Nc1ccc(N)cc1C#N.